The third-order valence-electron chi connectivity index (χ3n) is 4.90. The molecule has 1 amide bonds. The molecule has 0 bridgehead atoms. The molecule has 2 heterocycles. The Morgan fingerprint density at radius 2 is 2.00 bits per heavy atom. The zero-order chi connectivity index (χ0) is 21.0. The molecule has 29 heavy (non-hydrogen) atoms. The van der Waals surface area contributed by atoms with Gasteiger partial charge in [0.2, 0.25) is 5.91 Å². The zero-order valence-corrected chi connectivity index (χ0v) is 19.0. The molecular formula is C22H27N3O2S2. The van der Waals surface area contributed by atoms with Crippen LogP contribution < -0.4 is 10.9 Å². The number of hydrogen-bond acceptors (Lipinski definition) is 5. The molecule has 0 aliphatic rings. The highest BCUT2D eigenvalue weighted by Gasteiger charge is 2.18. The van der Waals surface area contributed by atoms with Gasteiger partial charge in [-0.3, -0.25) is 14.2 Å². The van der Waals surface area contributed by atoms with Crippen LogP contribution in [-0.4, -0.2) is 27.3 Å². The average Bonchev–Trinajstić information content (AvgIpc) is 2.97. The van der Waals surface area contributed by atoms with Crippen molar-refractivity contribution in [2.24, 2.45) is 0 Å². The van der Waals surface area contributed by atoms with Crippen molar-refractivity contribution in [2.75, 3.05) is 5.75 Å². The van der Waals surface area contributed by atoms with Crippen molar-refractivity contribution in [1.82, 2.24) is 14.9 Å². The molecule has 154 valence electrons. The maximum absolute atomic E-state index is 13.3. The number of hydrogen-bond donors (Lipinski definition) is 1. The second-order valence-electron chi connectivity index (χ2n) is 7.28. The van der Waals surface area contributed by atoms with Crippen molar-refractivity contribution in [3.63, 3.8) is 0 Å². The number of fused-ring (bicyclic) bond motifs is 1. The predicted molar refractivity (Wildman–Crippen MR) is 122 cm³/mol. The first-order valence-corrected chi connectivity index (χ1v) is 11.7. The first-order valence-electron chi connectivity index (χ1n) is 9.87. The molecule has 1 atom stereocenters. The quantitative estimate of drug-likeness (QED) is 0.422. The van der Waals surface area contributed by atoms with E-state index in [4.69, 9.17) is 4.98 Å². The van der Waals surface area contributed by atoms with E-state index in [-0.39, 0.29) is 23.3 Å². The van der Waals surface area contributed by atoms with E-state index in [2.05, 4.69) is 12.2 Å². The van der Waals surface area contributed by atoms with Crippen LogP contribution in [-0.2, 0) is 11.3 Å². The number of rotatable bonds is 8. The van der Waals surface area contributed by atoms with Gasteiger partial charge in [-0.1, -0.05) is 55.4 Å². The Balaban J connectivity index is 1.93. The first-order chi connectivity index (χ1) is 13.9. The summed E-state index contributed by atoms with van der Waals surface area (Å²) in [6, 6.07) is 10.0. The van der Waals surface area contributed by atoms with Crippen LogP contribution in [0.5, 0.6) is 0 Å². The number of benzene rings is 1. The second-order valence-corrected chi connectivity index (χ2v) is 9.43. The lowest BCUT2D eigenvalue weighted by Crippen LogP contribution is -2.34. The summed E-state index contributed by atoms with van der Waals surface area (Å²) in [4.78, 5) is 32.3. The summed E-state index contributed by atoms with van der Waals surface area (Å²) >= 11 is 2.86. The molecule has 0 aliphatic heterocycles. The highest BCUT2D eigenvalue weighted by Crippen LogP contribution is 2.28. The Morgan fingerprint density at radius 3 is 2.69 bits per heavy atom. The van der Waals surface area contributed by atoms with Crippen LogP contribution >= 0.6 is 23.1 Å². The fourth-order valence-electron chi connectivity index (χ4n) is 3.28. The normalized spacial score (nSPS) is 12.3. The van der Waals surface area contributed by atoms with E-state index in [0.29, 0.717) is 17.1 Å². The lowest BCUT2D eigenvalue weighted by atomic mass is 10.2. The maximum Gasteiger partial charge on any atom is 0.263 e. The molecule has 2 aromatic heterocycles. The summed E-state index contributed by atoms with van der Waals surface area (Å²) in [5.74, 6) is 0.208. The van der Waals surface area contributed by atoms with Gasteiger partial charge in [-0.2, -0.15) is 0 Å². The fraction of sp³-hybridized carbons (Fsp3) is 0.409. The van der Waals surface area contributed by atoms with Crippen molar-refractivity contribution in [3.8, 4) is 0 Å². The summed E-state index contributed by atoms with van der Waals surface area (Å²) in [5, 5.41) is 4.29. The van der Waals surface area contributed by atoms with Gasteiger partial charge >= 0.3 is 0 Å². The molecule has 3 rings (SSSR count). The van der Waals surface area contributed by atoms with Crippen LogP contribution in [0.15, 0.2) is 40.3 Å². The molecule has 5 nitrogen and oxygen atoms in total. The Kier molecular flexibility index (Phi) is 7.14. The smallest absolute Gasteiger partial charge is 0.263 e. The number of thiophene rings is 1. The summed E-state index contributed by atoms with van der Waals surface area (Å²) < 4.78 is 1.70. The zero-order valence-electron chi connectivity index (χ0n) is 17.3. The van der Waals surface area contributed by atoms with Crippen LogP contribution in [0.2, 0.25) is 0 Å². The van der Waals surface area contributed by atoms with Gasteiger partial charge in [0.25, 0.3) is 5.56 Å². The van der Waals surface area contributed by atoms with E-state index in [1.165, 1.54) is 23.1 Å². The molecule has 0 fully saturated rings. The van der Waals surface area contributed by atoms with Crippen molar-refractivity contribution in [3.05, 3.63) is 56.7 Å². The van der Waals surface area contributed by atoms with Crippen LogP contribution in [0.4, 0.5) is 0 Å². The van der Waals surface area contributed by atoms with Crippen LogP contribution in [0, 0.1) is 13.8 Å². The molecule has 0 saturated heterocycles. The minimum absolute atomic E-state index is 0.0323. The van der Waals surface area contributed by atoms with E-state index in [1.807, 2.05) is 51.1 Å². The number of aromatic nitrogens is 2. The summed E-state index contributed by atoms with van der Waals surface area (Å²) in [7, 11) is 0. The molecule has 0 radical (unpaired) electrons. The number of carbonyl (C=O) groups excluding carboxylic acids is 1. The largest absolute Gasteiger partial charge is 0.353 e. The van der Waals surface area contributed by atoms with Gasteiger partial charge in [-0.15, -0.1) is 11.3 Å². The molecule has 1 N–H and O–H groups in total. The first kappa shape index (κ1) is 21.6. The molecule has 0 aliphatic carbocycles. The lowest BCUT2D eigenvalue weighted by molar-refractivity contribution is -0.119. The van der Waals surface area contributed by atoms with E-state index in [0.717, 1.165) is 33.7 Å². The third-order valence-corrected chi connectivity index (χ3v) is 6.98. The Hall–Kier alpha value is -2.12. The summed E-state index contributed by atoms with van der Waals surface area (Å²) in [6.07, 6.45) is 1.98. The number of carbonyl (C=O) groups is 1. The molecule has 3 aromatic rings. The monoisotopic (exact) mass is 429 g/mol. The molecule has 7 heteroatoms. The topological polar surface area (TPSA) is 64.0 Å². The van der Waals surface area contributed by atoms with E-state index in [1.54, 1.807) is 4.57 Å². The minimum atomic E-state index is -0.0389. The maximum atomic E-state index is 13.3. The Labute approximate surface area is 179 Å². The average molecular weight is 430 g/mol. The molecule has 0 spiro atoms. The molecular weight excluding hydrogens is 402 g/mol. The fourth-order valence-corrected chi connectivity index (χ4v) is 5.16. The molecule has 0 unspecified atom stereocenters. The highest BCUT2D eigenvalue weighted by molar-refractivity contribution is 7.99. The van der Waals surface area contributed by atoms with Crippen molar-refractivity contribution in [2.45, 2.75) is 58.3 Å². The summed E-state index contributed by atoms with van der Waals surface area (Å²) in [5.41, 5.74) is 1.98. The summed E-state index contributed by atoms with van der Waals surface area (Å²) in [6.45, 7) is 8.54. The Bertz CT molecular complexity index is 1060. The van der Waals surface area contributed by atoms with Gasteiger partial charge in [0.15, 0.2) is 5.16 Å². The molecule has 1 aromatic carbocycles. The van der Waals surface area contributed by atoms with Crippen molar-refractivity contribution < 1.29 is 4.79 Å². The number of nitrogens with one attached hydrogen (secondary N) is 1. The van der Waals surface area contributed by atoms with Gasteiger partial charge in [0.05, 0.1) is 17.7 Å². The predicted octanol–water partition coefficient (Wildman–Crippen LogP) is 4.52. The van der Waals surface area contributed by atoms with Gasteiger partial charge in [0, 0.05) is 10.9 Å². The van der Waals surface area contributed by atoms with Gasteiger partial charge in [0.1, 0.15) is 4.83 Å². The molecule has 0 saturated carbocycles. The van der Waals surface area contributed by atoms with Crippen molar-refractivity contribution >= 4 is 39.2 Å². The van der Waals surface area contributed by atoms with E-state index < -0.39 is 0 Å². The minimum Gasteiger partial charge on any atom is -0.353 e. The number of amides is 1. The van der Waals surface area contributed by atoms with Crippen LogP contribution in [0.25, 0.3) is 10.2 Å². The highest BCUT2D eigenvalue weighted by atomic mass is 32.2. The van der Waals surface area contributed by atoms with Crippen LogP contribution in [0.1, 0.15) is 42.7 Å². The second kappa shape index (κ2) is 9.59. The van der Waals surface area contributed by atoms with Crippen molar-refractivity contribution in [1.29, 1.82) is 0 Å². The SMILES string of the molecule is CCC[C@H](C)NC(=O)CSc1nc2sc(C)c(C)c2c(=O)n1Cc1ccccc1. The number of nitrogens with zero attached hydrogens (tertiary/aromatic N) is 2. The van der Waals surface area contributed by atoms with E-state index >= 15 is 0 Å². The number of aryl methyl sites for hydroxylation is 2. The van der Waals surface area contributed by atoms with Crippen LogP contribution in [0.3, 0.4) is 0 Å². The van der Waals surface area contributed by atoms with Gasteiger partial charge in [-0.05, 0) is 38.3 Å². The number of thioether (sulfide) groups is 1. The van der Waals surface area contributed by atoms with Gasteiger partial charge < -0.3 is 5.32 Å². The standard InChI is InChI=1S/C22H27N3O2S2/c1-5-9-14(2)23-18(26)13-28-22-24-20-19(15(3)16(4)29-20)21(27)25(22)12-17-10-7-6-8-11-17/h6-8,10-11,14H,5,9,12-13H2,1-4H3,(H,23,26)/t14-/m0/s1. The third kappa shape index (κ3) is 5.08. The lowest BCUT2D eigenvalue weighted by Gasteiger charge is -2.14. The Morgan fingerprint density at radius 1 is 1.28 bits per heavy atom. The van der Waals surface area contributed by atoms with Gasteiger partial charge in [-0.25, -0.2) is 4.98 Å². The van der Waals surface area contributed by atoms with E-state index in [9.17, 15) is 9.59 Å².